The van der Waals surface area contributed by atoms with E-state index in [2.05, 4.69) is 15.3 Å². The van der Waals surface area contributed by atoms with Gasteiger partial charge in [0.1, 0.15) is 9.75 Å². The third kappa shape index (κ3) is 5.29. The Bertz CT molecular complexity index is 2410. The lowest BCUT2D eigenvalue weighted by atomic mass is 10.1. The van der Waals surface area contributed by atoms with Gasteiger partial charge in [0, 0.05) is 16.8 Å². The molecule has 0 spiro atoms. The van der Waals surface area contributed by atoms with Gasteiger partial charge in [-0.3, -0.25) is 19.1 Å². The number of hydrogen-bond acceptors (Lipinski definition) is 8. The zero-order valence-corrected chi connectivity index (χ0v) is 26.4. The predicted molar refractivity (Wildman–Crippen MR) is 185 cm³/mol. The first kappa shape index (κ1) is 28.9. The van der Waals surface area contributed by atoms with E-state index in [9.17, 15) is 13.2 Å². The largest absolute Gasteiger partial charge is 0.324 e. The van der Waals surface area contributed by atoms with Crippen LogP contribution in [0.4, 0.5) is 11.4 Å². The Morgan fingerprint density at radius 2 is 1.30 bits per heavy atom. The fourth-order valence-electron chi connectivity index (χ4n) is 5.74. The average molecular weight is 655 g/mol. The highest BCUT2D eigenvalue weighted by molar-refractivity contribution is 7.94. The molecular formula is C36H26N6O3S2. The fourth-order valence-corrected chi connectivity index (χ4v) is 8.62. The molecule has 3 aromatic heterocycles. The van der Waals surface area contributed by atoms with Crippen molar-refractivity contribution in [3.05, 3.63) is 127 Å². The monoisotopic (exact) mass is 654 g/mol. The summed E-state index contributed by atoms with van der Waals surface area (Å²) in [7, 11) is -4.11. The molecule has 0 bridgehead atoms. The number of sulfonamides is 1. The van der Waals surface area contributed by atoms with E-state index in [0.29, 0.717) is 41.2 Å². The summed E-state index contributed by atoms with van der Waals surface area (Å²) < 4.78 is 30.1. The van der Waals surface area contributed by atoms with Gasteiger partial charge in [0.25, 0.3) is 15.9 Å². The van der Waals surface area contributed by atoms with E-state index >= 15 is 0 Å². The molecule has 0 atom stereocenters. The van der Waals surface area contributed by atoms with Crippen LogP contribution in [0.2, 0.25) is 0 Å². The van der Waals surface area contributed by atoms with E-state index in [-0.39, 0.29) is 4.21 Å². The Labute approximate surface area is 274 Å². The molecule has 1 fully saturated rings. The molecule has 8 rings (SSSR count). The fraction of sp³-hybridized carbons (Fsp3) is 0.0833. The number of thiophene rings is 1. The summed E-state index contributed by atoms with van der Waals surface area (Å²) >= 11 is 1.12. The molecule has 1 aliphatic carbocycles. The van der Waals surface area contributed by atoms with Gasteiger partial charge in [-0.1, -0.05) is 54.6 Å². The lowest BCUT2D eigenvalue weighted by Gasteiger charge is -2.32. The average Bonchev–Trinajstić information content (AvgIpc) is 3.68. The molecule has 9 nitrogen and oxygen atoms in total. The number of fused-ring (bicyclic) bond motifs is 2. The molecule has 0 aliphatic heterocycles. The number of aromatic nitrogens is 4. The first-order chi connectivity index (χ1) is 22.9. The van der Waals surface area contributed by atoms with Gasteiger partial charge in [-0.05, 0) is 72.8 Å². The number of benzene rings is 4. The summed E-state index contributed by atoms with van der Waals surface area (Å²) in [5.74, 6) is -0.407. The number of carbonyl (C=O) groups excluding carboxylic acids is 1. The van der Waals surface area contributed by atoms with Crippen LogP contribution in [-0.4, -0.2) is 39.8 Å². The normalized spacial score (nSPS) is 13.8. The summed E-state index contributed by atoms with van der Waals surface area (Å²) in [6.45, 7) is 0. The third-order valence-electron chi connectivity index (χ3n) is 8.21. The van der Waals surface area contributed by atoms with Gasteiger partial charge in [-0.2, -0.15) is 0 Å². The molecule has 0 unspecified atom stereocenters. The maximum absolute atomic E-state index is 14.3. The van der Waals surface area contributed by atoms with Crippen LogP contribution >= 0.6 is 11.3 Å². The number of nitrogens with zero attached hydrogens (tertiary/aromatic N) is 5. The molecule has 7 aromatic rings. The van der Waals surface area contributed by atoms with Crippen molar-refractivity contribution in [1.29, 1.82) is 0 Å². The topological polar surface area (TPSA) is 118 Å². The van der Waals surface area contributed by atoms with Gasteiger partial charge in [0.05, 0.1) is 51.5 Å². The van der Waals surface area contributed by atoms with Crippen molar-refractivity contribution in [3.63, 3.8) is 0 Å². The molecule has 4 aromatic carbocycles. The van der Waals surface area contributed by atoms with Crippen LogP contribution in [0, 0.1) is 0 Å². The quantitative estimate of drug-likeness (QED) is 0.182. The Kier molecular flexibility index (Phi) is 7.00. The zero-order chi connectivity index (χ0) is 32.0. The number of nitrogens with one attached hydrogen (secondary N) is 1. The van der Waals surface area contributed by atoms with Crippen LogP contribution in [0.25, 0.3) is 44.6 Å². The van der Waals surface area contributed by atoms with Crippen LogP contribution < -0.4 is 9.62 Å². The standard InChI is InChI=1S/C36H26N6O3S2/c43-35(39-26-10-5-8-24(20-26)32-22-37-28-12-1-3-14-30(28)40-32)36(17-18-36)42(47(44,45)34-16-7-19-46-34)27-11-6-9-25(21-27)33-23-38-29-13-2-4-15-31(29)41-33/h1-16,19-23H,17-18H2,(H,39,43). The molecule has 0 saturated heterocycles. The molecule has 1 saturated carbocycles. The van der Waals surface area contributed by atoms with Gasteiger partial charge in [-0.25, -0.2) is 18.4 Å². The molecular weight excluding hydrogens is 629 g/mol. The van der Waals surface area contributed by atoms with E-state index in [1.165, 1.54) is 4.31 Å². The van der Waals surface area contributed by atoms with Crippen molar-refractivity contribution >= 4 is 60.7 Å². The second-order valence-corrected chi connectivity index (χ2v) is 14.3. The molecule has 1 aliphatic rings. The highest BCUT2D eigenvalue weighted by atomic mass is 32.2. The van der Waals surface area contributed by atoms with Crippen LogP contribution in [-0.2, 0) is 14.8 Å². The number of rotatable bonds is 8. The summed E-state index contributed by atoms with van der Waals surface area (Å²) in [6, 6.07) is 32.9. The minimum Gasteiger partial charge on any atom is -0.324 e. The zero-order valence-electron chi connectivity index (χ0n) is 24.8. The molecule has 0 radical (unpaired) electrons. The number of hydrogen-bond donors (Lipinski definition) is 1. The van der Waals surface area contributed by atoms with Crippen molar-refractivity contribution in [3.8, 4) is 22.5 Å². The lowest BCUT2D eigenvalue weighted by molar-refractivity contribution is -0.118. The summed E-state index contributed by atoms with van der Waals surface area (Å²) in [5.41, 5.74) is 5.36. The minimum absolute atomic E-state index is 0.157. The van der Waals surface area contributed by atoms with E-state index < -0.39 is 21.5 Å². The number of para-hydroxylation sites is 4. The highest BCUT2D eigenvalue weighted by Crippen LogP contribution is 2.49. The van der Waals surface area contributed by atoms with Gasteiger partial charge in [-0.15, -0.1) is 11.3 Å². The Balaban J connectivity index is 1.16. The van der Waals surface area contributed by atoms with Crippen molar-refractivity contribution in [2.75, 3.05) is 9.62 Å². The number of carbonyl (C=O) groups is 1. The van der Waals surface area contributed by atoms with Gasteiger partial charge < -0.3 is 5.32 Å². The van der Waals surface area contributed by atoms with E-state index in [0.717, 1.165) is 39.0 Å². The first-order valence-electron chi connectivity index (χ1n) is 15.0. The maximum atomic E-state index is 14.3. The van der Waals surface area contributed by atoms with Crippen LogP contribution in [0.5, 0.6) is 0 Å². The predicted octanol–water partition coefficient (Wildman–Crippen LogP) is 7.34. The first-order valence-corrected chi connectivity index (χ1v) is 17.3. The summed E-state index contributed by atoms with van der Waals surface area (Å²) in [6.07, 6.45) is 4.10. The van der Waals surface area contributed by atoms with Gasteiger partial charge in [0.15, 0.2) is 0 Å². The van der Waals surface area contributed by atoms with E-state index in [1.807, 2.05) is 72.8 Å². The molecule has 3 heterocycles. The Morgan fingerprint density at radius 3 is 1.89 bits per heavy atom. The summed E-state index contributed by atoms with van der Waals surface area (Å²) in [4.78, 5) is 32.7. The summed E-state index contributed by atoms with van der Waals surface area (Å²) in [5, 5.41) is 4.73. The highest BCUT2D eigenvalue weighted by Gasteiger charge is 2.59. The second-order valence-electron chi connectivity index (χ2n) is 11.3. The molecule has 1 amide bonds. The molecule has 1 N–H and O–H groups in total. The Hall–Kier alpha value is -5.52. The minimum atomic E-state index is -4.11. The maximum Gasteiger partial charge on any atom is 0.274 e. The lowest BCUT2D eigenvalue weighted by Crippen LogP contribution is -2.49. The number of anilines is 2. The van der Waals surface area contributed by atoms with Crippen molar-refractivity contribution in [2.24, 2.45) is 0 Å². The van der Waals surface area contributed by atoms with Crippen molar-refractivity contribution in [2.45, 2.75) is 22.6 Å². The Morgan fingerprint density at radius 1 is 0.702 bits per heavy atom. The smallest absolute Gasteiger partial charge is 0.274 e. The van der Waals surface area contributed by atoms with E-state index in [4.69, 9.17) is 9.97 Å². The van der Waals surface area contributed by atoms with E-state index in [1.54, 1.807) is 54.2 Å². The van der Waals surface area contributed by atoms with Crippen LogP contribution in [0.15, 0.2) is 131 Å². The molecule has 11 heteroatoms. The third-order valence-corrected chi connectivity index (χ3v) is 11.5. The molecule has 47 heavy (non-hydrogen) atoms. The second kappa shape index (κ2) is 11.4. The number of amides is 1. The van der Waals surface area contributed by atoms with Gasteiger partial charge >= 0.3 is 0 Å². The SMILES string of the molecule is O=C(Nc1cccc(-c2cnc3ccccc3n2)c1)C1(N(c2cccc(-c3cnc4ccccc4n3)c2)S(=O)(=O)c2cccs2)CC1. The van der Waals surface area contributed by atoms with Crippen molar-refractivity contribution < 1.29 is 13.2 Å². The van der Waals surface area contributed by atoms with Crippen LogP contribution in [0.3, 0.4) is 0 Å². The van der Waals surface area contributed by atoms with Gasteiger partial charge in [0.2, 0.25) is 0 Å². The molecule has 230 valence electrons. The van der Waals surface area contributed by atoms with Crippen molar-refractivity contribution in [1.82, 2.24) is 19.9 Å². The van der Waals surface area contributed by atoms with Crippen LogP contribution in [0.1, 0.15) is 12.8 Å².